The van der Waals surface area contributed by atoms with Gasteiger partial charge in [0.1, 0.15) is 11.6 Å². The van der Waals surface area contributed by atoms with Crippen molar-refractivity contribution < 1.29 is 4.52 Å². The van der Waals surface area contributed by atoms with Crippen molar-refractivity contribution in [1.29, 1.82) is 0 Å². The molecule has 1 aliphatic carbocycles. The minimum absolute atomic E-state index is 0.134. The Kier molecular flexibility index (Phi) is 4.96. The van der Waals surface area contributed by atoms with Gasteiger partial charge in [0.25, 0.3) is 5.56 Å². The van der Waals surface area contributed by atoms with E-state index in [1.807, 2.05) is 37.3 Å². The molecule has 1 aliphatic heterocycles. The highest BCUT2D eigenvalue weighted by Crippen LogP contribution is 2.36. The Morgan fingerprint density at radius 3 is 2.76 bits per heavy atom. The molecular weight excluding hydrogens is 364 g/mol. The minimum Gasteiger partial charge on any atom is -0.361 e. The van der Waals surface area contributed by atoms with Crippen molar-refractivity contribution in [2.45, 2.75) is 64.0 Å². The van der Waals surface area contributed by atoms with Crippen molar-refractivity contribution >= 4 is 10.9 Å². The van der Waals surface area contributed by atoms with Gasteiger partial charge in [-0.2, -0.15) is 0 Å². The van der Waals surface area contributed by atoms with Crippen molar-refractivity contribution in [1.82, 2.24) is 19.6 Å². The third-order valence-electron chi connectivity index (χ3n) is 6.51. The van der Waals surface area contributed by atoms with Gasteiger partial charge in [-0.05, 0) is 51.3 Å². The highest BCUT2D eigenvalue weighted by molar-refractivity contribution is 5.77. The van der Waals surface area contributed by atoms with E-state index in [0.717, 1.165) is 73.4 Å². The zero-order chi connectivity index (χ0) is 19.8. The van der Waals surface area contributed by atoms with Gasteiger partial charge in [-0.3, -0.25) is 14.3 Å². The number of benzene rings is 1. The molecule has 0 spiro atoms. The van der Waals surface area contributed by atoms with Gasteiger partial charge < -0.3 is 4.52 Å². The second kappa shape index (κ2) is 7.75. The lowest BCUT2D eigenvalue weighted by Crippen LogP contribution is -2.34. The molecule has 1 unspecified atom stereocenters. The molecule has 0 bridgehead atoms. The van der Waals surface area contributed by atoms with Gasteiger partial charge in [0.2, 0.25) is 0 Å². The summed E-state index contributed by atoms with van der Waals surface area (Å²) in [5, 5.41) is 4.74. The molecule has 6 heteroatoms. The molecule has 1 saturated heterocycles. The number of aryl methyl sites for hydroxylation is 1. The van der Waals surface area contributed by atoms with Gasteiger partial charge >= 0.3 is 0 Å². The highest BCUT2D eigenvalue weighted by Gasteiger charge is 2.32. The smallest absolute Gasteiger partial charge is 0.261 e. The molecule has 1 saturated carbocycles. The monoisotopic (exact) mass is 392 g/mol. The van der Waals surface area contributed by atoms with Crippen LogP contribution in [0, 0.1) is 6.92 Å². The van der Waals surface area contributed by atoms with E-state index in [1.165, 1.54) is 12.8 Å². The summed E-state index contributed by atoms with van der Waals surface area (Å²) in [5.41, 5.74) is 1.87. The van der Waals surface area contributed by atoms with Gasteiger partial charge in [0.05, 0.1) is 22.6 Å². The topological polar surface area (TPSA) is 64.2 Å². The fourth-order valence-electron chi connectivity index (χ4n) is 5.09. The quantitative estimate of drug-likeness (QED) is 0.651. The average Bonchev–Trinajstić information content (AvgIpc) is 3.48. The minimum atomic E-state index is 0.134. The fraction of sp³-hybridized carbons (Fsp3) is 0.522. The number of hydrogen-bond donors (Lipinski definition) is 0. The van der Waals surface area contributed by atoms with E-state index < -0.39 is 0 Å². The molecule has 3 heterocycles. The van der Waals surface area contributed by atoms with Crippen LogP contribution in [0.5, 0.6) is 0 Å². The van der Waals surface area contributed by atoms with E-state index in [2.05, 4.69) is 14.6 Å². The van der Waals surface area contributed by atoms with Crippen LogP contribution in [0.3, 0.4) is 0 Å². The molecule has 3 aromatic rings. The van der Waals surface area contributed by atoms with Crippen LogP contribution >= 0.6 is 0 Å². The molecule has 1 atom stereocenters. The first kappa shape index (κ1) is 18.6. The van der Waals surface area contributed by atoms with Crippen LogP contribution in [-0.2, 0) is 6.42 Å². The van der Waals surface area contributed by atoms with E-state index in [1.54, 1.807) is 0 Å². The first-order chi connectivity index (χ1) is 14.2. The Morgan fingerprint density at radius 1 is 1.14 bits per heavy atom. The van der Waals surface area contributed by atoms with E-state index in [4.69, 9.17) is 9.51 Å². The normalized spacial score (nSPS) is 20.8. The molecular formula is C23H28N4O2. The summed E-state index contributed by atoms with van der Waals surface area (Å²) >= 11 is 0. The Hall–Kier alpha value is -2.47. The van der Waals surface area contributed by atoms with E-state index in [-0.39, 0.29) is 17.6 Å². The predicted molar refractivity (Wildman–Crippen MR) is 112 cm³/mol. The van der Waals surface area contributed by atoms with E-state index in [0.29, 0.717) is 0 Å². The second-order valence-corrected chi connectivity index (χ2v) is 8.48. The van der Waals surface area contributed by atoms with Crippen LogP contribution in [0.2, 0.25) is 0 Å². The number of aromatic nitrogens is 3. The molecule has 29 heavy (non-hydrogen) atoms. The van der Waals surface area contributed by atoms with Crippen molar-refractivity contribution in [3.05, 3.63) is 58.0 Å². The van der Waals surface area contributed by atoms with Gasteiger partial charge in [-0.15, -0.1) is 0 Å². The predicted octanol–water partition coefficient (Wildman–Crippen LogP) is 4.19. The van der Waals surface area contributed by atoms with Crippen molar-refractivity contribution in [2.24, 2.45) is 0 Å². The highest BCUT2D eigenvalue weighted by atomic mass is 16.5. The maximum Gasteiger partial charge on any atom is 0.261 e. The third kappa shape index (κ3) is 3.50. The molecule has 0 N–H and O–H groups in total. The summed E-state index contributed by atoms with van der Waals surface area (Å²) in [6.07, 6.45) is 7.57. The summed E-state index contributed by atoms with van der Waals surface area (Å²) in [6, 6.07) is 10.3. The Balaban J connectivity index is 1.52. The van der Waals surface area contributed by atoms with Crippen molar-refractivity contribution in [3.63, 3.8) is 0 Å². The van der Waals surface area contributed by atoms with E-state index in [9.17, 15) is 4.79 Å². The first-order valence-electron chi connectivity index (χ1n) is 10.9. The summed E-state index contributed by atoms with van der Waals surface area (Å²) in [4.78, 5) is 21.0. The molecule has 2 aromatic heterocycles. The molecule has 6 nitrogen and oxygen atoms in total. The molecule has 2 fully saturated rings. The summed E-state index contributed by atoms with van der Waals surface area (Å²) in [6.45, 7) is 3.88. The number of fused-ring (bicyclic) bond motifs is 1. The fourth-order valence-corrected chi connectivity index (χ4v) is 5.09. The maximum atomic E-state index is 13.5. The maximum absolute atomic E-state index is 13.5. The standard InChI is InChI=1S/C23H28N4O2/c1-16-15-18(29-25-16)12-14-26-13-6-11-21(26)22-24-20-10-5-4-9-19(20)23(28)27(22)17-7-2-3-8-17/h4-5,9-10,15,17,21H,2-3,6-8,11-14H2,1H3. The molecule has 5 rings (SSSR count). The molecule has 0 radical (unpaired) electrons. The zero-order valence-electron chi connectivity index (χ0n) is 17.0. The van der Waals surface area contributed by atoms with Crippen LogP contribution in [0.15, 0.2) is 39.6 Å². The Morgan fingerprint density at radius 2 is 1.97 bits per heavy atom. The van der Waals surface area contributed by atoms with Crippen LogP contribution < -0.4 is 5.56 Å². The third-order valence-corrected chi connectivity index (χ3v) is 6.51. The second-order valence-electron chi connectivity index (χ2n) is 8.48. The van der Waals surface area contributed by atoms with Gasteiger partial charge in [0.15, 0.2) is 0 Å². The zero-order valence-corrected chi connectivity index (χ0v) is 17.0. The van der Waals surface area contributed by atoms with Crippen LogP contribution in [0.4, 0.5) is 0 Å². The van der Waals surface area contributed by atoms with Gasteiger partial charge in [-0.25, -0.2) is 4.98 Å². The first-order valence-corrected chi connectivity index (χ1v) is 10.9. The number of nitrogens with zero attached hydrogens (tertiary/aromatic N) is 4. The SMILES string of the molecule is Cc1cc(CCN2CCCC2c2nc3ccccc3c(=O)n2C2CCCC2)on1. The van der Waals surface area contributed by atoms with Crippen molar-refractivity contribution in [3.8, 4) is 0 Å². The summed E-state index contributed by atoms with van der Waals surface area (Å²) < 4.78 is 7.45. The summed E-state index contributed by atoms with van der Waals surface area (Å²) in [7, 11) is 0. The van der Waals surface area contributed by atoms with Gasteiger partial charge in [0, 0.05) is 25.1 Å². The molecule has 2 aliphatic rings. The number of likely N-dealkylation sites (tertiary alicyclic amines) is 1. The summed E-state index contributed by atoms with van der Waals surface area (Å²) in [5.74, 6) is 1.89. The lowest BCUT2D eigenvalue weighted by molar-refractivity contribution is 0.231. The number of hydrogen-bond acceptors (Lipinski definition) is 5. The lowest BCUT2D eigenvalue weighted by atomic mass is 10.1. The van der Waals surface area contributed by atoms with E-state index >= 15 is 0 Å². The lowest BCUT2D eigenvalue weighted by Gasteiger charge is -2.28. The largest absolute Gasteiger partial charge is 0.361 e. The van der Waals surface area contributed by atoms with Crippen LogP contribution in [-0.4, -0.2) is 32.7 Å². The Labute approximate surface area is 170 Å². The van der Waals surface area contributed by atoms with Crippen LogP contribution in [0.1, 0.15) is 67.9 Å². The van der Waals surface area contributed by atoms with Gasteiger partial charge in [-0.1, -0.05) is 30.1 Å². The number of rotatable bonds is 5. The molecule has 0 amide bonds. The number of para-hydroxylation sites is 1. The molecule has 152 valence electrons. The van der Waals surface area contributed by atoms with Crippen molar-refractivity contribution in [2.75, 3.05) is 13.1 Å². The van der Waals surface area contributed by atoms with Crippen LogP contribution in [0.25, 0.3) is 10.9 Å². The average molecular weight is 393 g/mol. The molecule has 1 aromatic carbocycles. The Bertz CT molecular complexity index is 1060.